The zero-order chi connectivity index (χ0) is 14.8. The molecular weight excluding hydrogens is 256 g/mol. The van der Waals surface area contributed by atoms with Crippen LogP contribution in [0.1, 0.15) is 58.8 Å². The Kier molecular flexibility index (Phi) is 2.85. The Bertz CT molecular complexity index is 530. The summed E-state index contributed by atoms with van der Waals surface area (Å²) in [5.74, 6) is 3.20. The van der Waals surface area contributed by atoms with E-state index in [1.54, 1.807) is 0 Å². The summed E-state index contributed by atoms with van der Waals surface area (Å²) in [5, 5.41) is 0. The molecule has 0 bridgehead atoms. The third-order valence-corrected chi connectivity index (χ3v) is 7.79. The van der Waals surface area contributed by atoms with Crippen LogP contribution in [0.4, 0.5) is 0 Å². The lowest BCUT2D eigenvalue weighted by Crippen LogP contribution is -2.52. The first kappa shape index (κ1) is 13.8. The van der Waals surface area contributed by atoms with Crippen LogP contribution in [0.3, 0.4) is 0 Å². The summed E-state index contributed by atoms with van der Waals surface area (Å²) >= 11 is 0. The van der Waals surface area contributed by atoms with Crippen molar-refractivity contribution >= 4 is 5.78 Å². The molecule has 3 saturated carbocycles. The summed E-state index contributed by atoms with van der Waals surface area (Å²) in [5.41, 5.74) is 2.16. The molecule has 0 saturated heterocycles. The highest BCUT2D eigenvalue weighted by Gasteiger charge is 2.57. The molecule has 0 aromatic carbocycles. The first-order chi connectivity index (χ1) is 9.94. The minimum absolute atomic E-state index is 0.192. The van der Waals surface area contributed by atoms with Gasteiger partial charge < -0.3 is 0 Å². The molecule has 0 aliphatic heterocycles. The fourth-order valence-electron chi connectivity index (χ4n) is 6.63. The Hall–Kier alpha value is -0.850. The third-order valence-electron chi connectivity index (χ3n) is 7.79. The van der Waals surface area contributed by atoms with Crippen LogP contribution in [0.15, 0.2) is 24.3 Å². The topological polar surface area (TPSA) is 17.1 Å². The van der Waals surface area contributed by atoms with Gasteiger partial charge >= 0.3 is 0 Å². The fraction of sp³-hybridized carbons (Fsp3) is 0.750. The van der Waals surface area contributed by atoms with Gasteiger partial charge in [0.05, 0.1) is 0 Å². The van der Waals surface area contributed by atoms with Crippen molar-refractivity contribution < 1.29 is 4.79 Å². The van der Waals surface area contributed by atoms with Crippen molar-refractivity contribution in [2.24, 2.45) is 34.5 Å². The number of rotatable bonds is 0. The lowest BCUT2D eigenvalue weighted by atomic mass is 9.46. The summed E-state index contributed by atoms with van der Waals surface area (Å²) in [4.78, 5) is 11.9. The standard InChI is InChI=1S/C20H28O/c1-13-11-15-16-5-4-8-19(16,2)9-7-17(15)20(3)10-6-14(21)12-18(13)20/h6,10,15-18H,1,4-5,7-9,11-12H2,2-3H3/t15-,16-,17+,18?,19-,20+/m0/s1. The second kappa shape index (κ2) is 4.33. The molecule has 21 heavy (non-hydrogen) atoms. The van der Waals surface area contributed by atoms with Crippen LogP contribution in [0.5, 0.6) is 0 Å². The Morgan fingerprint density at radius 1 is 1.14 bits per heavy atom. The van der Waals surface area contributed by atoms with Crippen molar-refractivity contribution in [2.45, 2.75) is 58.8 Å². The zero-order valence-corrected chi connectivity index (χ0v) is 13.5. The average Bonchev–Trinajstić information content (AvgIpc) is 2.83. The van der Waals surface area contributed by atoms with E-state index in [0.29, 0.717) is 23.5 Å². The largest absolute Gasteiger partial charge is 0.295 e. The smallest absolute Gasteiger partial charge is 0.156 e. The van der Waals surface area contributed by atoms with Crippen LogP contribution in [-0.4, -0.2) is 5.78 Å². The molecule has 4 aliphatic carbocycles. The van der Waals surface area contributed by atoms with Gasteiger partial charge in [0.25, 0.3) is 0 Å². The molecule has 0 spiro atoms. The van der Waals surface area contributed by atoms with Gasteiger partial charge in [-0.1, -0.05) is 38.5 Å². The lowest BCUT2D eigenvalue weighted by molar-refractivity contribution is -0.119. The fourth-order valence-corrected chi connectivity index (χ4v) is 6.63. The molecule has 4 aliphatic rings. The van der Waals surface area contributed by atoms with Crippen molar-refractivity contribution in [3.8, 4) is 0 Å². The molecule has 1 nitrogen and oxygen atoms in total. The van der Waals surface area contributed by atoms with Gasteiger partial charge in [0, 0.05) is 6.42 Å². The van der Waals surface area contributed by atoms with E-state index < -0.39 is 0 Å². The molecule has 0 aromatic heterocycles. The van der Waals surface area contributed by atoms with Crippen LogP contribution in [0, 0.1) is 34.5 Å². The maximum atomic E-state index is 11.9. The van der Waals surface area contributed by atoms with Crippen molar-refractivity contribution in [3.63, 3.8) is 0 Å². The van der Waals surface area contributed by atoms with E-state index in [9.17, 15) is 4.79 Å². The van der Waals surface area contributed by atoms with Crippen molar-refractivity contribution in [1.82, 2.24) is 0 Å². The molecule has 3 fully saturated rings. The molecule has 0 radical (unpaired) electrons. The summed E-state index contributed by atoms with van der Waals surface area (Å²) in [6.45, 7) is 9.38. The Balaban J connectivity index is 1.74. The molecule has 4 rings (SSSR count). The van der Waals surface area contributed by atoms with E-state index in [0.717, 1.165) is 17.8 Å². The van der Waals surface area contributed by atoms with E-state index in [1.807, 2.05) is 6.08 Å². The molecule has 1 heteroatoms. The maximum absolute atomic E-state index is 11.9. The highest BCUT2D eigenvalue weighted by atomic mass is 16.1. The Labute approximate surface area is 128 Å². The van der Waals surface area contributed by atoms with Gasteiger partial charge in [0.2, 0.25) is 0 Å². The van der Waals surface area contributed by atoms with E-state index in [1.165, 1.54) is 44.1 Å². The number of hydrogen-bond acceptors (Lipinski definition) is 1. The molecule has 0 heterocycles. The highest BCUT2D eigenvalue weighted by molar-refractivity contribution is 5.91. The average molecular weight is 284 g/mol. The molecule has 0 aromatic rings. The van der Waals surface area contributed by atoms with Crippen LogP contribution in [-0.2, 0) is 4.79 Å². The molecule has 1 unspecified atom stereocenters. The number of hydrogen-bond donors (Lipinski definition) is 0. The van der Waals surface area contributed by atoms with Crippen LogP contribution < -0.4 is 0 Å². The molecule has 114 valence electrons. The van der Waals surface area contributed by atoms with Gasteiger partial charge in [-0.05, 0) is 72.7 Å². The van der Waals surface area contributed by atoms with E-state index in [2.05, 4.69) is 26.5 Å². The maximum Gasteiger partial charge on any atom is 0.156 e. The lowest BCUT2D eigenvalue weighted by Gasteiger charge is -2.58. The minimum atomic E-state index is 0.192. The van der Waals surface area contributed by atoms with E-state index in [-0.39, 0.29) is 5.41 Å². The normalized spacial score (nSPS) is 52.3. The van der Waals surface area contributed by atoms with Gasteiger partial charge in [-0.15, -0.1) is 0 Å². The monoisotopic (exact) mass is 284 g/mol. The first-order valence-corrected chi connectivity index (χ1v) is 8.84. The van der Waals surface area contributed by atoms with Gasteiger partial charge in [-0.25, -0.2) is 0 Å². The first-order valence-electron chi connectivity index (χ1n) is 8.84. The molecular formula is C20H28O. The number of carbonyl (C=O) groups excluding carboxylic acids is 1. The summed E-state index contributed by atoms with van der Waals surface area (Å²) in [6.07, 6.45) is 13.1. The molecule has 6 atom stereocenters. The second-order valence-electron chi connectivity index (χ2n) is 8.75. The number of fused-ring (bicyclic) bond motifs is 5. The van der Waals surface area contributed by atoms with Gasteiger partial charge in [-0.3, -0.25) is 4.79 Å². The van der Waals surface area contributed by atoms with Crippen LogP contribution in [0.25, 0.3) is 0 Å². The SMILES string of the molecule is C=C1C[C@@H]2[C@@H](CC[C@]3(C)CCC[C@@H]23)[C@@]2(C)C=CC(=O)CC12. The summed E-state index contributed by atoms with van der Waals surface area (Å²) < 4.78 is 0. The quantitative estimate of drug-likeness (QED) is 0.576. The third kappa shape index (κ3) is 1.79. The highest BCUT2D eigenvalue weighted by Crippen LogP contribution is 2.65. The second-order valence-corrected chi connectivity index (χ2v) is 8.75. The number of ketones is 1. The van der Waals surface area contributed by atoms with Gasteiger partial charge in [-0.2, -0.15) is 0 Å². The summed E-state index contributed by atoms with van der Waals surface area (Å²) in [6, 6.07) is 0. The van der Waals surface area contributed by atoms with Crippen LogP contribution >= 0.6 is 0 Å². The Morgan fingerprint density at radius 2 is 1.95 bits per heavy atom. The minimum Gasteiger partial charge on any atom is -0.295 e. The predicted octanol–water partition coefficient (Wildman–Crippen LogP) is 4.93. The summed E-state index contributed by atoms with van der Waals surface area (Å²) in [7, 11) is 0. The van der Waals surface area contributed by atoms with E-state index >= 15 is 0 Å². The van der Waals surface area contributed by atoms with Gasteiger partial charge in [0.15, 0.2) is 5.78 Å². The van der Waals surface area contributed by atoms with Crippen LogP contribution in [0.2, 0.25) is 0 Å². The number of allylic oxidation sites excluding steroid dienone is 3. The van der Waals surface area contributed by atoms with Crippen molar-refractivity contribution in [3.05, 3.63) is 24.3 Å². The number of carbonyl (C=O) groups is 1. The predicted molar refractivity (Wildman–Crippen MR) is 85.8 cm³/mol. The van der Waals surface area contributed by atoms with Crippen molar-refractivity contribution in [1.29, 1.82) is 0 Å². The van der Waals surface area contributed by atoms with E-state index in [4.69, 9.17) is 0 Å². The van der Waals surface area contributed by atoms with Crippen molar-refractivity contribution in [2.75, 3.05) is 0 Å². The molecule has 0 N–H and O–H groups in total. The zero-order valence-electron chi connectivity index (χ0n) is 13.5. The Morgan fingerprint density at radius 3 is 2.76 bits per heavy atom. The van der Waals surface area contributed by atoms with Gasteiger partial charge in [0.1, 0.15) is 0 Å². The molecule has 0 amide bonds.